The van der Waals surface area contributed by atoms with Gasteiger partial charge in [0.1, 0.15) is 0 Å². The summed E-state index contributed by atoms with van der Waals surface area (Å²) in [5.74, 6) is 0. The van der Waals surface area contributed by atoms with Crippen molar-refractivity contribution in [1.29, 1.82) is 0 Å². The van der Waals surface area contributed by atoms with Crippen molar-refractivity contribution >= 4 is 17.8 Å². The molecule has 4 heteroatoms. The smallest absolute Gasteiger partial charge is 0.315 e. The third kappa shape index (κ3) is 4.09. The predicted molar refractivity (Wildman–Crippen MR) is 73.5 cm³/mol. The van der Waals surface area contributed by atoms with Gasteiger partial charge in [-0.3, -0.25) is 0 Å². The Balaban J connectivity index is 1.65. The standard InChI is InChI=1S/C13H24N2OS/c1-17-12-8-6-11(7-9-12)15-13(16)14-10-4-2-3-5-10/h10-12H,2-9H2,1H3,(H2,14,15,16). The third-order valence-electron chi connectivity index (χ3n) is 4.03. The van der Waals surface area contributed by atoms with E-state index in [0.717, 1.165) is 30.9 Å². The molecule has 0 bridgehead atoms. The molecule has 2 N–H and O–H groups in total. The molecule has 2 aliphatic rings. The molecule has 17 heavy (non-hydrogen) atoms. The van der Waals surface area contributed by atoms with E-state index in [1.165, 1.54) is 25.7 Å². The van der Waals surface area contributed by atoms with Crippen LogP contribution < -0.4 is 10.6 Å². The van der Waals surface area contributed by atoms with Gasteiger partial charge < -0.3 is 10.6 Å². The number of carbonyl (C=O) groups excluding carboxylic acids is 1. The summed E-state index contributed by atoms with van der Waals surface area (Å²) >= 11 is 1.96. The van der Waals surface area contributed by atoms with E-state index >= 15 is 0 Å². The fourth-order valence-electron chi connectivity index (χ4n) is 2.93. The molecular weight excluding hydrogens is 232 g/mol. The molecule has 0 radical (unpaired) electrons. The van der Waals surface area contributed by atoms with Gasteiger partial charge in [0, 0.05) is 17.3 Å². The van der Waals surface area contributed by atoms with Gasteiger partial charge in [-0.05, 0) is 44.8 Å². The minimum absolute atomic E-state index is 0.0597. The van der Waals surface area contributed by atoms with Crippen molar-refractivity contribution in [1.82, 2.24) is 10.6 Å². The van der Waals surface area contributed by atoms with Crippen molar-refractivity contribution in [3.05, 3.63) is 0 Å². The molecule has 0 spiro atoms. The summed E-state index contributed by atoms with van der Waals surface area (Å²) < 4.78 is 0. The molecule has 0 unspecified atom stereocenters. The minimum Gasteiger partial charge on any atom is -0.335 e. The van der Waals surface area contributed by atoms with E-state index in [0.29, 0.717) is 12.1 Å². The fourth-order valence-corrected chi connectivity index (χ4v) is 3.67. The average molecular weight is 256 g/mol. The monoisotopic (exact) mass is 256 g/mol. The predicted octanol–water partition coefficient (Wildman–Crippen LogP) is 2.90. The quantitative estimate of drug-likeness (QED) is 0.815. The normalized spacial score (nSPS) is 30.2. The molecule has 2 rings (SSSR count). The van der Waals surface area contributed by atoms with E-state index in [1.54, 1.807) is 0 Å². The lowest BCUT2D eigenvalue weighted by Gasteiger charge is -2.28. The van der Waals surface area contributed by atoms with Gasteiger partial charge in [0.05, 0.1) is 0 Å². The molecule has 0 atom stereocenters. The number of hydrogen-bond acceptors (Lipinski definition) is 2. The summed E-state index contributed by atoms with van der Waals surface area (Å²) in [7, 11) is 0. The summed E-state index contributed by atoms with van der Waals surface area (Å²) in [6.07, 6.45) is 11.8. The van der Waals surface area contributed by atoms with E-state index in [2.05, 4.69) is 16.9 Å². The Morgan fingerprint density at radius 3 is 2.00 bits per heavy atom. The van der Waals surface area contributed by atoms with Crippen LogP contribution in [0.5, 0.6) is 0 Å². The molecule has 2 saturated carbocycles. The zero-order chi connectivity index (χ0) is 12.1. The van der Waals surface area contributed by atoms with Crippen LogP contribution in [0, 0.1) is 0 Å². The first-order chi connectivity index (χ1) is 8.28. The second-order valence-electron chi connectivity index (χ2n) is 5.31. The van der Waals surface area contributed by atoms with Gasteiger partial charge in [0.15, 0.2) is 0 Å². The summed E-state index contributed by atoms with van der Waals surface area (Å²) in [4.78, 5) is 11.8. The maximum absolute atomic E-state index is 11.8. The molecule has 0 saturated heterocycles. The Kier molecular flexibility index (Phi) is 5.01. The molecule has 0 aromatic heterocycles. The molecule has 3 nitrogen and oxygen atoms in total. The minimum atomic E-state index is 0.0597. The lowest BCUT2D eigenvalue weighted by Crippen LogP contribution is -2.46. The van der Waals surface area contributed by atoms with Gasteiger partial charge >= 0.3 is 6.03 Å². The van der Waals surface area contributed by atoms with Crippen molar-refractivity contribution < 1.29 is 4.79 Å². The molecular formula is C13H24N2OS. The van der Waals surface area contributed by atoms with Gasteiger partial charge in [0.25, 0.3) is 0 Å². The maximum Gasteiger partial charge on any atom is 0.315 e. The summed E-state index contributed by atoms with van der Waals surface area (Å²) in [5.41, 5.74) is 0. The molecule has 98 valence electrons. The zero-order valence-electron chi connectivity index (χ0n) is 10.7. The van der Waals surface area contributed by atoms with Gasteiger partial charge in [0.2, 0.25) is 0 Å². The highest BCUT2D eigenvalue weighted by Crippen LogP contribution is 2.26. The molecule has 0 aromatic carbocycles. The second kappa shape index (κ2) is 6.53. The first-order valence-electron chi connectivity index (χ1n) is 6.87. The van der Waals surface area contributed by atoms with Crippen molar-refractivity contribution in [2.45, 2.75) is 68.7 Å². The summed E-state index contributed by atoms with van der Waals surface area (Å²) in [6, 6.07) is 0.891. The Bertz CT molecular complexity index is 246. The number of thioether (sulfide) groups is 1. The Hall–Kier alpha value is -0.380. The first kappa shape index (κ1) is 13.1. The van der Waals surface area contributed by atoms with Gasteiger partial charge in [-0.1, -0.05) is 12.8 Å². The van der Waals surface area contributed by atoms with E-state index < -0.39 is 0 Å². The molecule has 2 aliphatic carbocycles. The van der Waals surface area contributed by atoms with E-state index in [4.69, 9.17) is 0 Å². The lowest BCUT2D eigenvalue weighted by atomic mass is 9.95. The Labute approximate surface area is 108 Å². The number of carbonyl (C=O) groups is 1. The molecule has 2 fully saturated rings. The van der Waals surface area contributed by atoms with Crippen LogP contribution in [0.4, 0.5) is 4.79 Å². The van der Waals surface area contributed by atoms with Gasteiger partial charge in [-0.25, -0.2) is 4.79 Å². The topological polar surface area (TPSA) is 41.1 Å². The Morgan fingerprint density at radius 1 is 0.941 bits per heavy atom. The highest BCUT2D eigenvalue weighted by atomic mass is 32.2. The van der Waals surface area contributed by atoms with E-state index in [-0.39, 0.29) is 6.03 Å². The van der Waals surface area contributed by atoms with E-state index in [9.17, 15) is 4.79 Å². The number of hydrogen-bond donors (Lipinski definition) is 2. The van der Waals surface area contributed by atoms with Gasteiger partial charge in [-0.2, -0.15) is 11.8 Å². The maximum atomic E-state index is 11.8. The van der Waals surface area contributed by atoms with Crippen LogP contribution in [0.2, 0.25) is 0 Å². The average Bonchev–Trinajstić information content (AvgIpc) is 2.82. The molecule has 0 aromatic rings. The van der Waals surface area contributed by atoms with Crippen LogP contribution in [0.3, 0.4) is 0 Å². The van der Waals surface area contributed by atoms with Crippen molar-refractivity contribution in [2.75, 3.05) is 6.26 Å². The highest BCUT2D eigenvalue weighted by molar-refractivity contribution is 7.99. The van der Waals surface area contributed by atoms with Crippen molar-refractivity contribution in [3.8, 4) is 0 Å². The number of rotatable bonds is 3. The van der Waals surface area contributed by atoms with Crippen LogP contribution in [-0.2, 0) is 0 Å². The van der Waals surface area contributed by atoms with Crippen LogP contribution in [-0.4, -0.2) is 29.6 Å². The van der Waals surface area contributed by atoms with Crippen LogP contribution in [0.1, 0.15) is 51.4 Å². The largest absolute Gasteiger partial charge is 0.335 e. The van der Waals surface area contributed by atoms with Gasteiger partial charge in [-0.15, -0.1) is 0 Å². The third-order valence-corrected chi connectivity index (χ3v) is 5.17. The SMILES string of the molecule is CSC1CCC(NC(=O)NC2CCCC2)CC1. The van der Waals surface area contributed by atoms with E-state index in [1.807, 2.05) is 11.8 Å². The lowest BCUT2D eigenvalue weighted by molar-refractivity contribution is 0.229. The van der Waals surface area contributed by atoms with Crippen LogP contribution in [0.25, 0.3) is 0 Å². The number of urea groups is 1. The molecule has 0 aliphatic heterocycles. The fraction of sp³-hybridized carbons (Fsp3) is 0.923. The summed E-state index contributed by atoms with van der Waals surface area (Å²) in [5, 5.41) is 7.04. The summed E-state index contributed by atoms with van der Waals surface area (Å²) in [6.45, 7) is 0. The van der Waals surface area contributed by atoms with Crippen molar-refractivity contribution in [2.24, 2.45) is 0 Å². The number of nitrogens with one attached hydrogen (secondary N) is 2. The van der Waals surface area contributed by atoms with Crippen molar-refractivity contribution in [3.63, 3.8) is 0 Å². The molecule has 0 heterocycles. The first-order valence-corrected chi connectivity index (χ1v) is 8.16. The van der Waals surface area contributed by atoms with Crippen LogP contribution >= 0.6 is 11.8 Å². The van der Waals surface area contributed by atoms with Crippen LogP contribution in [0.15, 0.2) is 0 Å². The molecule has 2 amide bonds. The second-order valence-corrected chi connectivity index (χ2v) is 6.45. The Morgan fingerprint density at radius 2 is 1.47 bits per heavy atom. The highest BCUT2D eigenvalue weighted by Gasteiger charge is 2.23. The zero-order valence-corrected chi connectivity index (χ0v) is 11.5. The number of amides is 2.